The average molecular weight is 519 g/mol. The molecule has 4 rings (SSSR count). The van der Waals surface area contributed by atoms with E-state index in [4.69, 9.17) is 16.3 Å². The number of amides is 1. The van der Waals surface area contributed by atoms with Gasteiger partial charge in [0.05, 0.1) is 10.6 Å². The van der Waals surface area contributed by atoms with Gasteiger partial charge in [0.1, 0.15) is 5.82 Å². The number of hydrogen-bond acceptors (Lipinski definition) is 7. The van der Waals surface area contributed by atoms with Crippen LogP contribution < -0.4 is 14.4 Å². The van der Waals surface area contributed by atoms with Crippen LogP contribution in [0.25, 0.3) is 0 Å². The molecule has 11 heteroatoms. The second-order valence-electron chi connectivity index (χ2n) is 9.01. The molecule has 1 N–H and O–H groups in total. The van der Waals surface area contributed by atoms with Crippen molar-refractivity contribution in [1.82, 2.24) is 14.7 Å². The Hall–Kier alpha value is -3.24. The van der Waals surface area contributed by atoms with Gasteiger partial charge >= 0.3 is 0 Å². The van der Waals surface area contributed by atoms with Gasteiger partial charge in [0, 0.05) is 24.3 Å². The van der Waals surface area contributed by atoms with Gasteiger partial charge in [0.15, 0.2) is 16.6 Å². The number of halogens is 2. The van der Waals surface area contributed by atoms with E-state index in [1.165, 1.54) is 42.5 Å². The van der Waals surface area contributed by atoms with Crippen LogP contribution in [0.2, 0.25) is 5.02 Å². The first-order valence-corrected chi connectivity index (χ1v) is 12.7. The molecule has 2 aromatic heterocycles. The van der Waals surface area contributed by atoms with Crippen molar-refractivity contribution in [3.05, 3.63) is 71.1 Å². The lowest BCUT2D eigenvalue weighted by atomic mass is 9.97. The number of pyridine rings is 2. The number of nitrogens with one attached hydrogen (secondary N) is 1. The second kappa shape index (κ2) is 9.43. The number of rotatable bonds is 6. The van der Waals surface area contributed by atoms with E-state index in [0.29, 0.717) is 18.3 Å². The van der Waals surface area contributed by atoms with E-state index in [1.54, 1.807) is 12.3 Å². The standard InChI is InChI=1S/C24H24ClFN4O4S/c1-15-13-24(2,3)30(14-15)22-16(7-6-12-27-22)23(31)29-35(32,33)20-11-5-10-19(28-20)34-18-9-4-8-17(25)21(18)26/h4-12,15H,13-14H2,1-3H3,(H,29,31). The Morgan fingerprint density at radius 1 is 1.20 bits per heavy atom. The molecule has 1 amide bonds. The fraction of sp³-hybridized carbons (Fsp3) is 0.292. The van der Waals surface area contributed by atoms with Crippen LogP contribution in [0.5, 0.6) is 11.6 Å². The molecule has 8 nitrogen and oxygen atoms in total. The van der Waals surface area contributed by atoms with Crippen molar-refractivity contribution < 1.29 is 22.3 Å². The molecule has 0 aliphatic carbocycles. The van der Waals surface area contributed by atoms with E-state index in [2.05, 4.69) is 35.5 Å². The van der Waals surface area contributed by atoms with E-state index in [1.807, 2.05) is 4.90 Å². The van der Waals surface area contributed by atoms with Gasteiger partial charge in [-0.1, -0.05) is 30.7 Å². The number of ether oxygens (including phenoxy) is 1. The summed E-state index contributed by atoms with van der Waals surface area (Å²) in [6, 6.07) is 11.2. The minimum Gasteiger partial charge on any atom is -0.436 e. The third-order valence-corrected chi connectivity index (χ3v) is 7.22. The zero-order chi connectivity index (χ0) is 25.4. The van der Waals surface area contributed by atoms with Gasteiger partial charge in [-0.05, 0) is 56.5 Å². The summed E-state index contributed by atoms with van der Waals surface area (Å²) in [5, 5.41) is -0.618. The summed E-state index contributed by atoms with van der Waals surface area (Å²) in [6.45, 7) is 6.92. The Labute approximate surface area is 208 Å². The molecule has 35 heavy (non-hydrogen) atoms. The SMILES string of the molecule is CC1CN(c2ncccc2C(=O)NS(=O)(=O)c2cccc(Oc3cccc(Cl)c3F)n2)C(C)(C)C1. The van der Waals surface area contributed by atoms with Crippen molar-refractivity contribution in [3.8, 4) is 11.6 Å². The summed E-state index contributed by atoms with van der Waals surface area (Å²) >= 11 is 5.76. The topological polar surface area (TPSA) is 101 Å². The lowest BCUT2D eigenvalue weighted by molar-refractivity contribution is 0.0981. The van der Waals surface area contributed by atoms with Gasteiger partial charge in [-0.3, -0.25) is 4.79 Å². The van der Waals surface area contributed by atoms with Gasteiger partial charge in [-0.25, -0.2) is 14.1 Å². The molecule has 0 bridgehead atoms. The Kier molecular flexibility index (Phi) is 6.70. The fourth-order valence-corrected chi connectivity index (χ4v) is 5.35. The highest BCUT2D eigenvalue weighted by atomic mass is 35.5. The van der Waals surface area contributed by atoms with Crippen LogP contribution in [-0.4, -0.2) is 36.4 Å². The Bertz CT molecular complexity index is 1380. The maximum absolute atomic E-state index is 14.2. The van der Waals surface area contributed by atoms with Crippen molar-refractivity contribution in [1.29, 1.82) is 0 Å². The van der Waals surface area contributed by atoms with E-state index in [0.717, 1.165) is 6.42 Å². The number of hydrogen-bond donors (Lipinski definition) is 1. The highest BCUT2D eigenvalue weighted by Gasteiger charge is 2.39. The van der Waals surface area contributed by atoms with Crippen LogP contribution in [0.1, 0.15) is 37.6 Å². The predicted molar refractivity (Wildman–Crippen MR) is 130 cm³/mol. The van der Waals surface area contributed by atoms with Crippen molar-refractivity contribution in [2.24, 2.45) is 5.92 Å². The average Bonchev–Trinajstić information content (AvgIpc) is 3.08. The third-order valence-electron chi connectivity index (χ3n) is 5.69. The Balaban J connectivity index is 1.59. The number of aromatic nitrogens is 2. The molecule has 1 fully saturated rings. The second-order valence-corrected chi connectivity index (χ2v) is 11.0. The first kappa shape index (κ1) is 24.9. The van der Waals surface area contributed by atoms with Gasteiger partial charge in [0.2, 0.25) is 5.88 Å². The molecule has 1 unspecified atom stereocenters. The number of carbonyl (C=O) groups excluding carboxylic acids is 1. The lowest BCUT2D eigenvalue weighted by Crippen LogP contribution is -2.41. The first-order valence-electron chi connectivity index (χ1n) is 10.9. The molecule has 3 aromatic rings. The quantitative estimate of drug-likeness (QED) is 0.500. The molecular formula is C24H24ClFN4O4S. The van der Waals surface area contributed by atoms with Crippen LogP contribution in [0.15, 0.2) is 59.8 Å². The first-order chi connectivity index (χ1) is 16.5. The van der Waals surface area contributed by atoms with Gasteiger partial charge in [-0.2, -0.15) is 13.4 Å². The van der Waals surface area contributed by atoms with Crippen molar-refractivity contribution in [3.63, 3.8) is 0 Å². The van der Waals surface area contributed by atoms with E-state index in [9.17, 15) is 17.6 Å². The molecule has 1 aliphatic heterocycles. The molecule has 1 aromatic carbocycles. The zero-order valence-electron chi connectivity index (χ0n) is 19.3. The molecule has 1 saturated heterocycles. The molecule has 1 atom stereocenters. The molecule has 184 valence electrons. The van der Waals surface area contributed by atoms with E-state index < -0.39 is 26.8 Å². The van der Waals surface area contributed by atoms with E-state index >= 15 is 0 Å². The zero-order valence-corrected chi connectivity index (χ0v) is 20.9. The highest BCUT2D eigenvalue weighted by molar-refractivity contribution is 7.90. The minimum atomic E-state index is -4.38. The summed E-state index contributed by atoms with van der Waals surface area (Å²) in [5.41, 5.74) is -0.114. The number of anilines is 1. The summed E-state index contributed by atoms with van der Waals surface area (Å²) in [6.07, 6.45) is 2.48. The monoisotopic (exact) mass is 518 g/mol. The summed E-state index contributed by atoms with van der Waals surface area (Å²) in [5.74, 6) is -1.24. The van der Waals surface area contributed by atoms with Gasteiger partial charge in [-0.15, -0.1) is 0 Å². The fourth-order valence-electron chi connectivity index (χ4n) is 4.26. The van der Waals surface area contributed by atoms with Crippen LogP contribution in [-0.2, 0) is 10.0 Å². The summed E-state index contributed by atoms with van der Waals surface area (Å²) in [4.78, 5) is 23.4. The van der Waals surface area contributed by atoms with Crippen LogP contribution >= 0.6 is 11.6 Å². The van der Waals surface area contributed by atoms with Crippen molar-refractivity contribution in [2.45, 2.75) is 37.8 Å². The molecule has 1 aliphatic rings. The maximum Gasteiger partial charge on any atom is 0.281 e. The van der Waals surface area contributed by atoms with Crippen LogP contribution in [0.4, 0.5) is 10.2 Å². The van der Waals surface area contributed by atoms with E-state index in [-0.39, 0.29) is 27.8 Å². The number of nitrogens with zero attached hydrogens (tertiary/aromatic N) is 3. The number of carbonyl (C=O) groups is 1. The van der Waals surface area contributed by atoms with Gasteiger partial charge in [0.25, 0.3) is 15.9 Å². The summed E-state index contributed by atoms with van der Waals surface area (Å²) < 4.78 is 47.5. The third kappa shape index (κ3) is 5.23. The van der Waals surface area contributed by atoms with Crippen LogP contribution in [0.3, 0.4) is 0 Å². The number of benzene rings is 1. The normalized spacial score (nSPS) is 17.3. The lowest BCUT2D eigenvalue weighted by Gasteiger charge is -2.33. The largest absolute Gasteiger partial charge is 0.436 e. The van der Waals surface area contributed by atoms with Gasteiger partial charge < -0.3 is 9.64 Å². The highest BCUT2D eigenvalue weighted by Crippen LogP contribution is 2.37. The molecule has 0 saturated carbocycles. The van der Waals surface area contributed by atoms with Crippen LogP contribution in [0, 0.1) is 11.7 Å². The molecule has 0 radical (unpaired) electrons. The van der Waals surface area contributed by atoms with Crippen molar-refractivity contribution in [2.75, 3.05) is 11.4 Å². The molecular weight excluding hydrogens is 495 g/mol. The molecule has 3 heterocycles. The van der Waals surface area contributed by atoms with Crippen molar-refractivity contribution >= 4 is 33.3 Å². The minimum absolute atomic E-state index is 0.131. The predicted octanol–water partition coefficient (Wildman–Crippen LogP) is 4.80. The Morgan fingerprint density at radius 3 is 2.66 bits per heavy atom. The Morgan fingerprint density at radius 2 is 1.94 bits per heavy atom. The summed E-state index contributed by atoms with van der Waals surface area (Å²) in [7, 11) is -4.38. The number of sulfonamides is 1. The molecule has 0 spiro atoms. The smallest absolute Gasteiger partial charge is 0.281 e. The maximum atomic E-state index is 14.2.